The molecular formula is C16H30N4. The van der Waals surface area contributed by atoms with E-state index < -0.39 is 0 Å². The number of hydrogen-bond donors (Lipinski definition) is 1. The standard InChI is InChI=1S/C16H30N4/c1-4-18-16(13-17)8-5-15(11-16)20-9-6-14(7-10-20)12-19(2)3/h14-15,18H,4-12H2,1-3H3. The minimum Gasteiger partial charge on any atom is -0.309 e. The first kappa shape index (κ1) is 15.8. The van der Waals surface area contributed by atoms with Crippen molar-refractivity contribution in [3.05, 3.63) is 0 Å². The van der Waals surface area contributed by atoms with Gasteiger partial charge in [-0.2, -0.15) is 5.26 Å². The molecule has 0 radical (unpaired) electrons. The Kier molecular flexibility index (Phi) is 5.42. The van der Waals surface area contributed by atoms with Crippen molar-refractivity contribution in [2.45, 2.75) is 50.6 Å². The van der Waals surface area contributed by atoms with E-state index in [0.717, 1.165) is 25.3 Å². The molecule has 0 aromatic carbocycles. The van der Waals surface area contributed by atoms with Gasteiger partial charge in [-0.25, -0.2) is 0 Å². The summed E-state index contributed by atoms with van der Waals surface area (Å²) in [7, 11) is 4.34. The van der Waals surface area contributed by atoms with E-state index in [0.29, 0.717) is 6.04 Å². The number of rotatable bonds is 5. The summed E-state index contributed by atoms with van der Waals surface area (Å²) in [5.41, 5.74) is -0.250. The fraction of sp³-hybridized carbons (Fsp3) is 0.938. The molecule has 1 heterocycles. The fourth-order valence-electron chi connectivity index (χ4n) is 3.99. The first-order valence-corrected chi connectivity index (χ1v) is 8.13. The molecule has 1 N–H and O–H groups in total. The van der Waals surface area contributed by atoms with Gasteiger partial charge in [-0.3, -0.25) is 5.32 Å². The second-order valence-corrected chi connectivity index (χ2v) is 6.86. The Morgan fingerprint density at radius 2 is 2.00 bits per heavy atom. The molecule has 20 heavy (non-hydrogen) atoms. The third-order valence-electron chi connectivity index (χ3n) is 5.01. The van der Waals surface area contributed by atoms with Crippen LogP contribution in [-0.2, 0) is 0 Å². The molecule has 2 atom stereocenters. The zero-order chi connectivity index (χ0) is 14.6. The van der Waals surface area contributed by atoms with Crippen LogP contribution in [-0.4, -0.2) is 61.7 Å². The van der Waals surface area contributed by atoms with E-state index in [1.54, 1.807) is 0 Å². The molecular weight excluding hydrogens is 248 g/mol. The molecule has 0 aromatic heterocycles. The third-order valence-corrected chi connectivity index (χ3v) is 5.01. The number of nitrogens with one attached hydrogen (secondary N) is 1. The van der Waals surface area contributed by atoms with Gasteiger partial charge in [0.05, 0.1) is 6.07 Å². The summed E-state index contributed by atoms with van der Waals surface area (Å²) in [6.07, 6.45) is 5.83. The van der Waals surface area contributed by atoms with Crippen molar-refractivity contribution in [3.8, 4) is 6.07 Å². The number of likely N-dealkylation sites (tertiary alicyclic amines) is 1. The van der Waals surface area contributed by atoms with E-state index in [1.807, 2.05) is 0 Å². The van der Waals surface area contributed by atoms with Crippen molar-refractivity contribution in [2.24, 2.45) is 5.92 Å². The Morgan fingerprint density at radius 3 is 2.55 bits per heavy atom. The highest BCUT2D eigenvalue weighted by atomic mass is 15.2. The molecule has 2 fully saturated rings. The van der Waals surface area contributed by atoms with Crippen LogP contribution in [0.4, 0.5) is 0 Å². The van der Waals surface area contributed by atoms with Gasteiger partial charge in [-0.15, -0.1) is 0 Å². The molecule has 0 aromatic rings. The van der Waals surface area contributed by atoms with Gasteiger partial charge >= 0.3 is 0 Å². The van der Waals surface area contributed by atoms with Crippen molar-refractivity contribution in [3.63, 3.8) is 0 Å². The van der Waals surface area contributed by atoms with Crippen molar-refractivity contribution < 1.29 is 0 Å². The Bertz CT molecular complexity index is 341. The summed E-state index contributed by atoms with van der Waals surface area (Å²) >= 11 is 0. The number of nitrogens with zero attached hydrogens (tertiary/aromatic N) is 3. The predicted molar refractivity (Wildman–Crippen MR) is 82.5 cm³/mol. The number of piperidine rings is 1. The van der Waals surface area contributed by atoms with Crippen LogP contribution >= 0.6 is 0 Å². The molecule has 1 aliphatic heterocycles. The van der Waals surface area contributed by atoms with Crippen LogP contribution in [0.1, 0.15) is 39.0 Å². The maximum absolute atomic E-state index is 9.47. The average molecular weight is 278 g/mol. The van der Waals surface area contributed by atoms with Crippen molar-refractivity contribution in [1.82, 2.24) is 15.1 Å². The van der Waals surface area contributed by atoms with Crippen molar-refractivity contribution in [1.29, 1.82) is 5.26 Å². The Hall–Kier alpha value is -0.630. The van der Waals surface area contributed by atoms with E-state index >= 15 is 0 Å². The number of nitriles is 1. The van der Waals surface area contributed by atoms with E-state index in [1.165, 1.54) is 38.9 Å². The first-order chi connectivity index (χ1) is 9.58. The largest absolute Gasteiger partial charge is 0.309 e. The molecule has 114 valence electrons. The minimum atomic E-state index is -0.250. The van der Waals surface area contributed by atoms with Gasteiger partial charge in [0.15, 0.2) is 0 Å². The highest BCUT2D eigenvalue weighted by Gasteiger charge is 2.41. The van der Waals surface area contributed by atoms with Crippen LogP contribution in [0, 0.1) is 17.2 Å². The number of hydrogen-bond acceptors (Lipinski definition) is 4. The van der Waals surface area contributed by atoms with Crippen LogP contribution in [0.2, 0.25) is 0 Å². The van der Waals surface area contributed by atoms with Gasteiger partial charge in [0.25, 0.3) is 0 Å². The second kappa shape index (κ2) is 6.89. The molecule has 4 heteroatoms. The third kappa shape index (κ3) is 3.72. The molecule has 2 aliphatic rings. The van der Waals surface area contributed by atoms with Gasteiger partial charge < -0.3 is 9.80 Å². The highest BCUT2D eigenvalue weighted by Crippen LogP contribution is 2.34. The normalized spacial score (nSPS) is 32.6. The Morgan fingerprint density at radius 1 is 1.30 bits per heavy atom. The lowest BCUT2D eigenvalue weighted by atomic mass is 9.94. The second-order valence-electron chi connectivity index (χ2n) is 6.86. The molecule has 0 amide bonds. The SMILES string of the molecule is CCNC1(C#N)CCC(N2CCC(CN(C)C)CC2)C1. The Labute approximate surface area is 124 Å². The smallest absolute Gasteiger partial charge is 0.108 e. The average Bonchev–Trinajstić information content (AvgIpc) is 2.84. The van der Waals surface area contributed by atoms with Gasteiger partial charge in [0.2, 0.25) is 0 Å². The van der Waals surface area contributed by atoms with Crippen LogP contribution in [0.25, 0.3) is 0 Å². The Balaban J connectivity index is 1.82. The van der Waals surface area contributed by atoms with Gasteiger partial charge in [-0.1, -0.05) is 6.92 Å². The molecule has 0 spiro atoms. The monoisotopic (exact) mass is 278 g/mol. The van der Waals surface area contributed by atoms with Crippen molar-refractivity contribution >= 4 is 0 Å². The summed E-state index contributed by atoms with van der Waals surface area (Å²) in [4.78, 5) is 4.95. The fourth-order valence-corrected chi connectivity index (χ4v) is 3.99. The summed E-state index contributed by atoms with van der Waals surface area (Å²) in [5.74, 6) is 0.858. The lowest BCUT2D eigenvalue weighted by molar-refractivity contribution is 0.119. The summed E-state index contributed by atoms with van der Waals surface area (Å²) in [6, 6.07) is 3.16. The maximum Gasteiger partial charge on any atom is 0.108 e. The lowest BCUT2D eigenvalue weighted by Crippen LogP contribution is -2.46. The van der Waals surface area contributed by atoms with Gasteiger partial charge in [0, 0.05) is 12.6 Å². The topological polar surface area (TPSA) is 42.3 Å². The molecule has 2 rings (SSSR count). The van der Waals surface area contributed by atoms with Gasteiger partial charge in [0.1, 0.15) is 5.54 Å². The zero-order valence-electron chi connectivity index (χ0n) is 13.4. The molecule has 4 nitrogen and oxygen atoms in total. The summed E-state index contributed by atoms with van der Waals surface area (Å²) < 4.78 is 0. The van der Waals surface area contributed by atoms with Crippen LogP contribution < -0.4 is 5.32 Å². The molecule has 2 unspecified atom stereocenters. The lowest BCUT2D eigenvalue weighted by Gasteiger charge is -2.37. The first-order valence-electron chi connectivity index (χ1n) is 8.13. The van der Waals surface area contributed by atoms with E-state index in [-0.39, 0.29) is 5.54 Å². The molecule has 1 aliphatic carbocycles. The van der Waals surface area contributed by atoms with E-state index in [9.17, 15) is 5.26 Å². The minimum absolute atomic E-state index is 0.250. The zero-order valence-corrected chi connectivity index (χ0v) is 13.4. The molecule has 0 bridgehead atoms. The summed E-state index contributed by atoms with van der Waals surface area (Å²) in [5, 5.41) is 12.9. The quantitative estimate of drug-likeness (QED) is 0.831. The maximum atomic E-state index is 9.47. The summed E-state index contributed by atoms with van der Waals surface area (Å²) in [6.45, 7) is 6.65. The molecule has 1 saturated heterocycles. The van der Waals surface area contributed by atoms with Gasteiger partial charge in [-0.05, 0) is 71.8 Å². The van der Waals surface area contributed by atoms with Crippen molar-refractivity contribution in [2.75, 3.05) is 40.3 Å². The van der Waals surface area contributed by atoms with Crippen LogP contribution in [0.5, 0.6) is 0 Å². The van der Waals surface area contributed by atoms with E-state index in [4.69, 9.17) is 0 Å². The van der Waals surface area contributed by atoms with Crippen LogP contribution in [0.3, 0.4) is 0 Å². The molecule has 1 saturated carbocycles. The van der Waals surface area contributed by atoms with E-state index in [2.05, 4.69) is 42.2 Å². The predicted octanol–water partition coefficient (Wildman–Crippen LogP) is 1.68. The highest BCUT2D eigenvalue weighted by molar-refractivity contribution is 5.13. The van der Waals surface area contributed by atoms with Crippen LogP contribution in [0.15, 0.2) is 0 Å².